The molecule has 0 radical (unpaired) electrons. The van der Waals surface area contributed by atoms with Gasteiger partial charge >= 0.3 is 6.09 Å². The minimum atomic E-state index is -0.394. The predicted molar refractivity (Wildman–Crippen MR) is 76.2 cm³/mol. The number of carbonyl (C=O) groups excluding carboxylic acids is 1. The second-order valence-electron chi connectivity index (χ2n) is 6.89. The Morgan fingerprint density at radius 3 is 2.74 bits per heavy atom. The van der Waals surface area contributed by atoms with Crippen molar-refractivity contribution in [2.45, 2.75) is 71.1 Å². The van der Waals surface area contributed by atoms with Crippen molar-refractivity contribution in [2.24, 2.45) is 5.92 Å². The number of fused-ring (bicyclic) bond motifs is 2. The highest BCUT2D eigenvalue weighted by atomic mass is 16.6. The lowest BCUT2D eigenvalue weighted by Crippen LogP contribution is -2.41. The molecule has 0 aromatic heterocycles. The van der Waals surface area contributed by atoms with E-state index in [1.807, 2.05) is 25.7 Å². The van der Waals surface area contributed by atoms with Crippen molar-refractivity contribution in [2.75, 3.05) is 13.1 Å². The molecule has 2 saturated heterocycles. The van der Waals surface area contributed by atoms with Crippen LogP contribution in [0.3, 0.4) is 0 Å². The number of carbonyl (C=O) groups is 1. The summed E-state index contributed by atoms with van der Waals surface area (Å²) in [6.45, 7) is 10.1. The largest absolute Gasteiger partial charge is 0.444 e. The maximum atomic E-state index is 12.3. The number of nitrogens with zero attached hydrogens (tertiary/aromatic N) is 1. The van der Waals surface area contributed by atoms with Gasteiger partial charge in [0.15, 0.2) is 0 Å². The number of nitrogens with one attached hydrogen (secondary N) is 1. The lowest BCUT2D eigenvalue weighted by molar-refractivity contribution is 0.0205. The van der Waals surface area contributed by atoms with Crippen molar-refractivity contribution in [1.29, 1.82) is 0 Å². The van der Waals surface area contributed by atoms with E-state index < -0.39 is 5.60 Å². The first kappa shape index (κ1) is 14.6. The van der Waals surface area contributed by atoms with Gasteiger partial charge in [0.05, 0.1) is 0 Å². The van der Waals surface area contributed by atoms with Crippen molar-refractivity contribution < 1.29 is 9.53 Å². The molecule has 2 heterocycles. The van der Waals surface area contributed by atoms with Gasteiger partial charge in [-0.3, -0.25) is 0 Å². The van der Waals surface area contributed by atoms with Crippen LogP contribution in [0, 0.1) is 5.92 Å². The number of amides is 1. The highest BCUT2D eigenvalue weighted by molar-refractivity contribution is 5.70. The van der Waals surface area contributed by atoms with Crippen molar-refractivity contribution in [3.05, 3.63) is 0 Å². The maximum Gasteiger partial charge on any atom is 0.410 e. The quantitative estimate of drug-likeness (QED) is 0.797. The fraction of sp³-hybridized carbons (Fsp3) is 0.933. The third kappa shape index (κ3) is 3.41. The molecule has 4 heteroatoms. The minimum absolute atomic E-state index is 0.113. The molecule has 2 bridgehead atoms. The summed E-state index contributed by atoms with van der Waals surface area (Å²) in [4.78, 5) is 14.3. The second kappa shape index (κ2) is 5.70. The number of hydrogen-bond acceptors (Lipinski definition) is 3. The van der Waals surface area contributed by atoms with Crippen molar-refractivity contribution in [1.82, 2.24) is 10.2 Å². The van der Waals surface area contributed by atoms with Gasteiger partial charge in [-0.1, -0.05) is 6.92 Å². The van der Waals surface area contributed by atoms with E-state index >= 15 is 0 Å². The summed E-state index contributed by atoms with van der Waals surface area (Å²) in [5, 5.41) is 3.49. The lowest BCUT2D eigenvalue weighted by atomic mass is 9.89. The fourth-order valence-electron chi connectivity index (χ4n) is 3.40. The SMILES string of the molecule is CCCNCC1CC2CCC1N2C(=O)OC(C)(C)C. The molecule has 3 unspecified atom stereocenters. The van der Waals surface area contributed by atoms with E-state index in [2.05, 4.69) is 12.2 Å². The molecule has 4 nitrogen and oxygen atoms in total. The first-order valence-corrected chi connectivity index (χ1v) is 7.64. The molecule has 3 atom stereocenters. The van der Waals surface area contributed by atoms with E-state index in [9.17, 15) is 4.79 Å². The highest BCUT2D eigenvalue weighted by Gasteiger charge is 2.49. The zero-order valence-electron chi connectivity index (χ0n) is 12.7. The summed E-state index contributed by atoms with van der Waals surface area (Å²) >= 11 is 0. The minimum Gasteiger partial charge on any atom is -0.444 e. The van der Waals surface area contributed by atoms with Crippen LogP contribution in [0.1, 0.15) is 53.4 Å². The van der Waals surface area contributed by atoms with Crippen LogP contribution in [-0.4, -0.2) is 41.8 Å². The maximum absolute atomic E-state index is 12.3. The number of hydrogen-bond donors (Lipinski definition) is 1. The molecule has 0 saturated carbocycles. The molecule has 1 N–H and O–H groups in total. The predicted octanol–water partition coefficient (Wildman–Crippen LogP) is 2.77. The van der Waals surface area contributed by atoms with Gasteiger partial charge in [0, 0.05) is 12.1 Å². The van der Waals surface area contributed by atoms with Crippen LogP contribution in [0.25, 0.3) is 0 Å². The number of rotatable bonds is 4. The molecule has 110 valence electrons. The van der Waals surface area contributed by atoms with Gasteiger partial charge in [-0.05, 0) is 65.5 Å². The summed E-state index contributed by atoms with van der Waals surface area (Å²) in [6, 6.07) is 0.803. The van der Waals surface area contributed by atoms with Crippen molar-refractivity contribution >= 4 is 6.09 Å². The third-order valence-electron chi connectivity index (χ3n) is 4.10. The monoisotopic (exact) mass is 268 g/mol. The van der Waals surface area contributed by atoms with Gasteiger partial charge in [-0.15, -0.1) is 0 Å². The molecule has 0 aromatic rings. The smallest absolute Gasteiger partial charge is 0.410 e. The fourth-order valence-corrected chi connectivity index (χ4v) is 3.40. The van der Waals surface area contributed by atoms with E-state index in [-0.39, 0.29) is 6.09 Å². The van der Waals surface area contributed by atoms with Crippen LogP contribution in [0.4, 0.5) is 4.79 Å². The number of ether oxygens (including phenoxy) is 1. The van der Waals surface area contributed by atoms with Crippen LogP contribution >= 0.6 is 0 Å². The summed E-state index contributed by atoms with van der Waals surface area (Å²) < 4.78 is 5.54. The Bertz CT molecular complexity index is 325. The zero-order chi connectivity index (χ0) is 14.0. The van der Waals surface area contributed by atoms with Crippen LogP contribution in [0.5, 0.6) is 0 Å². The highest BCUT2D eigenvalue weighted by Crippen LogP contribution is 2.42. The first-order chi connectivity index (χ1) is 8.92. The summed E-state index contributed by atoms with van der Waals surface area (Å²) in [6.07, 6.45) is 4.48. The Morgan fingerprint density at radius 2 is 2.11 bits per heavy atom. The zero-order valence-corrected chi connectivity index (χ0v) is 12.7. The van der Waals surface area contributed by atoms with E-state index in [4.69, 9.17) is 4.74 Å². The standard InChI is InChI=1S/C15H28N2O2/c1-5-8-16-10-11-9-12-6-7-13(11)17(12)14(18)19-15(2,3)4/h11-13,16H,5-10H2,1-4H3. The van der Waals surface area contributed by atoms with Crippen molar-refractivity contribution in [3.63, 3.8) is 0 Å². The third-order valence-corrected chi connectivity index (χ3v) is 4.10. The Hall–Kier alpha value is -0.770. The molecule has 1 amide bonds. The average Bonchev–Trinajstić information content (AvgIpc) is 2.84. The summed E-state index contributed by atoms with van der Waals surface area (Å²) in [5.74, 6) is 0.609. The van der Waals surface area contributed by atoms with Crippen LogP contribution in [0.15, 0.2) is 0 Å². The average molecular weight is 268 g/mol. The van der Waals surface area contributed by atoms with Gasteiger partial charge in [0.1, 0.15) is 5.60 Å². The second-order valence-corrected chi connectivity index (χ2v) is 6.89. The van der Waals surface area contributed by atoms with E-state index in [0.717, 1.165) is 38.8 Å². The van der Waals surface area contributed by atoms with Gasteiger partial charge in [-0.25, -0.2) is 4.79 Å². The molecular weight excluding hydrogens is 240 g/mol. The molecule has 2 rings (SSSR count). The first-order valence-electron chi connectivity index (χ1n) is 7.64. The van der Waals surface area contributed by atoms with Gasteiger partial charge in [0.2, 0.25) is 0 Å². The van der Waals surface area contributed by atoms with E-state index in [1.54, 1.807) is 0 Å². The van der Waals surface area contributed by atoms with Gasteiger partial charge in [-0.2, -0.15) is 0 Å². The molecule has 0 aromatic carbocycles. The summed E-state index contributed by atoms with van der Waals surface area (Å²) in [7, 11) is 0. The van der Waals surface area contributed by atoms with Crippen LogP contribution < -0.4 is 5.32 Å². The van der Waals surface area contributed by atoms with E-state index in [1.165, 1.54) is 0 Å². The Kier molecular flexibility index (Phi) is 4.39. The summed E-state index contributed by atoms with van der Waals surface area (Å²) in [5.41, 5.74) is -0.394. The molecule has 2 fully saturated rings. The topological polar surface area (TPSA) is 41.6 Å². The van der Waals surface area contributed by atoms with Crippen LogP contribution in [-0.2, 0) is 4.74 Å². The Labute approximate surface area is 116 Å². The molecule has 19 heavy (non-hydrogen) atoms. The lowest BCUT2D eigenvalue weighted by Gasteiger charge is -2.28. The molecule has 0 spiro atoms. The van der Waals surface area contributed by atoms with Gasteiger partial charge in [0.25, 0.3) is 0 Å². The Balaban J connectivity index is 1.91. The normalized spacial score (nSPS) is 29.9. The molecule has 0 aliphatic carbocycles. The van der Waals surface area contributed by atoms with Gasteiger partial charge < -0.3 is 15.0 Å². The molecule has 2 aliphatic rings. The molecule has 2 aliphatic heterocycles. The Morgan fingerprint density at radius 1 is 1.37 bits per heavy atom. The molecular formula is C15H28N2O2. The van der Waals surface area contributed by atoms with Crippen molar-refractivity contribution in [3.8, 4) is 0 Å². The van der Waals surface area contributed by atoms with E-state index in [0.29, 0.717) is 18.0 Å². The van der Waals surface area contributed by atoms with Crippen LogP contribution in [0.2, 0.25) is 0 Å².